The van der Waals surface area contributed by atoms with Crippen LogP contribution >= 0.6 is 0 Å². The number of hydrogen-bond acceptors (Lipinski definition) is 0. The normalized spacial score (nSPS) is 19.6. The van der Waals surface area contributed by atoms with Crippen molar-refractivity contribution in [3.63, 3.8) is 0 Å². The summed E-state index contributed by atoms with van der Waals surface area (Å²) in [5, 5.41) is 0. The predicted octanol–water partition coefficient (Wildman–Crippen LogP) is 7.73. The fourth-order valence-electron chi connectivity index (χ4n) is 4.18. The van der Waals surface area contributed by atoms with E-state index in [1.54, 1.807) is 12.1 Å². The molecule has 0 unspecified atom stereocenters. The highest BCUT2D eigenvalue weighted by molar-refractivity contribution is 5.72. The van der Waals surface area contributed by atoms with E-state index in [4.69, 9.17) is 0 Å². The maximum absolute atomic E-state index is 14.8. The van der Waals surface area contributed by atoms with E-state index in [0.717, 1.165) is 5.92 Å². The molecule has 0 amide bonds. The second-order valence-corrected chi connectivity index (χ2v) is 7.88. The van der Waals surface area contributed by atoms with Gasteiger partial charge in [-0.3, -0.25) is 0 Å². The van der Waals surface area contributed by atoms with Gasteiger partial charge in [-0.2, -0.15) is 0 Å². The minimum Gasteiger partial charge on any atom is -0.207 e. The van der Waals surface area contributed by atoms with Gasteiger partial charge in [0.2, 0.25) is 0 Å². The van der Waals surface area contributed by atoms with Crippen LogP contribution in [0, 0.1) is 23.4 Å². The summed E-state index contributed by atoms with van der Waals surface area (Å²) in [5.74, 6) is -0.977. The van der Waals surface area contributed by atoms with Crippen LogP contribution < -0.4 is 0 Å². The van der Waals surface area contributed by atoms with Crippen molar-refractivity contribution >= 4 is 0 Å². The summed E-state index contributed by atoms with van der Waals surface area (Å²) in [4.78, 5) is 0. The third kappa shape index (κ3) is 3.71. The molecule has 3 aromatic rings. The quantitative estimate of drug-likeness (QED) is 0.436. The van der Waals surface area contributed by atoms with Crippen LogP contribution in [0.2, 0.25) is 0 Å². The van der Waals surface area contributed by atoms with Gasteiger partial charge in [0, 0.05) is 11.1 Å². The maximum Gasteiger partial charge on any atom is 0.167 e. The molecule has 0 heterocycles. The van der Waals surface area contributed by atoms with Crippen molar-refractivity contribution < 1.29 is 13.2 Å². The number of benzene rings is 3. The molecule has 0 nitrogen and oxygen atoms in total. The molecule has 28 heavy (non-hydrogen) atoms. The second kappa shape index (κ2) is 7.83. The molecule has 0 aromatic heterocycles. The lowest BCUT2D eigenvalue weighted by atomic mass is 9.79. The van der Waals surface area contributed by atoms with Gasteiger partial charge in [-0.05, 0) is 53.5 Å². The van der Waals surface area contributed by atoms with Gasteiger partial charge >= 0.3 is 0 Å². The van der Waals surface area contributed by atoms with Gasteiger partial charge in [-0.15, -0.1) is 0 Å². The van der Waals surface area contributed by atoms with Gasteiger partial charge in [0.05, 0.1) is 0 Å². The van der Waals surface area contributed by atoms with Crippen LogP contribution in [-0.2, 0) is 0 Å². The van der Waals surface area contributed by atoms with Gasteiger partial charge < -0.3 is 0 Å². The van der Waals surface area contributed by atoms with Crippen molar-refractivity contribution in [1.29, 1.82) is 0 Å². The molecule has 0 saturated heterocycles. The average molecular weight is 380 g/mol. The molecule has 0 aliphatic heterocycles. The summed E-state index contributed by atoms with van der Waals surface area (Å²) in [6, 6.07) is 16.4. The smallest absolute Gasteiger partial charge is 0.167 e. The summed E-state index contributed by atoms with van der Waals surface area (Å²) in [7, 11) is 0. The Bertz CT molecular complexity index is 968. The van der Waals surface area contributed by atoms with E-state index in [1.807, 2.05) is 24.3 Å². The molecule has 4 rings (SSSR count). The molecule has 1 aliphatic rings. The third-order valence-corrected chi connectivity index (χ3v) is 5.93. The molecule has 0 N–H and O–H groups in total. The monoisotopic (exact) mass is 380 g/mol. The first-order valence-corrected chi connectivity index (χ1v) is 9.87. The first-order chi connectivity index (χ1) is 13.5. The summed E-state index contributed by atoms with van der Waals surface area (Å²) >= 11 is 0. The van der Waals surface area contributed by atoms with Crippen molar-refractivity contribution in [2.24, 2.45) is 5.92 Å². The molecule has 0 radical (unpaired) electrons. The van der Waals surface area contributed by atoms with Crippen molar-refractivity contribution in [2.75, 3.05) is 0 Å². The highest BCUT2D eigenvalue weighted by atomic mass is 19.2. The Labute approximate surface area is 164 Å². The molecule has 144 valence electrons. The lowest BCUT2D eigenvalue weighted by Gasteiger charge is -2.26. The van der Waals surface area contributed by atoms with E-state index in [-0.39, 0.29) is 11.1 Å². The van der Waals surface area contributed by atoms with Crippen molar-refractivity contribution in [2.45, 2.75) is 38.5 Å². The lowest BCUT2D eigenvalue weighted by molar-refractivity contribution is 0.348. The summed E-state index contributed by atoms with van der Waals surface area (Å²) in [6.07, 6.45) is 4.86. The molecule has 3 heteroatoms. The van der Waals surface area contributed by atoms with Crippen LogP contribution in [0.3, 0.4) is 0 Å². The molecular formula is C25H23F3. The van der Waals surface area contributed by atoms with Crippen molar-refractivity contribution in [3.8, 4) is 22.3 Å². The van der Waals surface area contributed by atoms with Gasteiger partial charge in [0.1, 0.15) is 5.82 Å². The largest absolute Gasteiger partial charge is 0.207 e. The Morgan fingerprint density at radius 2 is 1.29 bits per heavy atom. The van der Waals surface area contributed by atoms with Gasteiger partial charge in [0.15, 0.2) is 11.6 Å². The number of hydrogen-bond donors (Lipinski definition) is 0. The zero-order valence-corrected chi connectivity index (χ0v) is 15.9. The topological polar surface area (TPSA) is 0 Å². The molecule has 1 saturated carbocycles. The van der Waals surface area contributed by atoms with E-state index in [1.165, 1.54) is 55.5 Å². The average Bonchev–Trinajstić information content (AvgIpc) is 2.71. The molecule has 0 atom stereocenters. The second-order valence-electron chi connectivity index (χ2n) is 7.88. The van der Waals surface area contributed by atoms with Gasteiger partial charge in [-0.25, -0.2) is 13.2 Å². The fraction of sp³-hybridized carbons (Fsp3) is 0.280. The van der Waals surface area contributed by atoms with E-state index in [9.17, 15) is 13.2 Å². The van der Waals surface area contributed by atoms with Crippen molar-refractivity contribution in [3.05, 3.63) is 83.7 Å². The Balaban J connectivity index is 1.62. The maximum atomic E-state index is 14.8. The molecular weight excluding hydrogens is 357 g/mol. The minimum absolute atomic E-state index is 0.0636. The molecule has 3 aromatic carbocycles. The Kier molecular flexibility index (Phi) is 5.25. The molecule has 0 bridgehead atoms. The SMILES string of the molecule is CC1CCC(c2ccc(-c3ccc(-c4cccc(F)c4)c(F)c3F)cc2)CC1. The first kappa shape index (κ1) is 18.8. The van der Waals surface area contributed by atoms with Crippen LogP contribution in [0.25, 0.3) is 22.3 Å². The molecule has 1 fully saturated rings. The predicted molar refractivity (Wildman–Crippen MR) is 108 cm³/mol. The highest BCUT2D eigenvalue weighted by Crippen LogP contribution is 2.37. The lowest BCUT2D eigenvalue weighted by Crippen LogP contribution is -2.10. The molecule has 1 aliphatic carbocycles. The van der Waals surface area contributed by atoms with Crippen LogP contribution in [0.4, 0.5) is 13.2 Å². The third-order valence-electron chi connectivity index (χ3n) is 5.93. The molecule has 0 spiro atoms. The highest BCUT2D eigenvalue weighted by Gasteiger charge is 2.20. The standard InChI is InChI=1S/C25H23F3/c1-16-5-7-17(8-6-16)18-9-11-19(12-10-18)22-13-14-23(25(28)24(22)27)20-3-2-4-21(26)15-20/h2-4,9-17H,5-8H2,1H3. The fourth-order valence-corrected chi connectivity index (χ4v) is 4.18. The van der Waals surface area contributed by atoms with Crippen molar-refractivity contribution in [1.82, 2.24) is 0 Å². The van der Waals surface area contributed by atoms with Crippen LogP contribution in [0.15, 0.2) is 60.7 Å². The van der Waals surface area contributed by atoms with Gasteiger partial charge in [0.25, 0.3) is 0 Å². The Morgan fingerprint density at radius 3 is 1.89 bits per heavy atom. The van der Waals surface area contributed by atoms with Crippen LogP contribution in [0.5, 0.6) is 0 Å². The summed E-state index contributed by atoms with van der Waals surface area (Å²) < 4.78 is 42.9. The minimum atomic E-state index is -0.951. The summed E-state index contributed by atoms with van der Waals surface area (Å²) in [6.45, 7) is 2.30. The van der Waals surface area contributed by atoms with E-state index < -0.39 is 17.5 Å². The zero-order chi connectivity index (χ0) is 19.7. The number of halogens is 3. The van der Waals surface area contributed by atoms with E-state index >= 15 is 0 Å². The van der Waals surface area contributed by atoms with Gasteiger partial charge in [-0.1, -0.05) is 68.3 Å². The Hall–Kier alpha value is -2.55. The van der Waals surface area contributed by atoms with Crippen LogP contribution in [0.1, 0.15) is 44.1 Å². The zero-order valence-electron chi connectivity index (χ0n) is 15.9. The summed E-state index contributed by atoms with van der Waals surface area (Å²) in [5.41, 5.74) is 2.53. The van der Waals surface area contributed by atoms with E-state index in [0.29, 0.717) is 17.0 Å². The first-order valence-electron chi connectivity index (χ1n) is 9.87. The Morgan fingerprint density at radius 1 is 0.679 bits per heavy atom. The van der Waals surface area contributed by atoms with Crippen LogP contribution in [-0.4, -0.2) is 0 Å². The number of rotatable bonds is 3. The van der Waals surface area contributed by atoms with E-state index in [2.05, 4.69) is 6.92 Å².